The lowest BCUT2D eigenvalue weighted by Crippen LogP contribution is -2.30. The molecule has 138 valence electrons. The van der Waals surface area contributed by atoms with Crippen LogP contribution in [0, 0.1) is 0 Å². The number of halogens is 1. The van der Waals surface area contributed by atoms with Gasteiger partial charge >= 0.3 is 5.69 Å². The Hall–Kier alpha value is -2.23. The fourth-order valence-corrected chi connectivity index (χ4v) is 3.28. The van der Waals surface area contributed by atoms with Crippen LogP contribution >= 0.6 is 23.4 Å². The maximum absolute atomic E-state index is 12.2. The number of ether oxygens (including phenoxy) is 1. The third-order valence-electron chi connectivity index (χ3n) is 3.81. The number of fused-ring (bicyclic) bond motifs is 1. The van der Waals surface area contributed by atoms with Crippen LogP contribution in [0.5, 0.6) is 5.75 Å². The summed E-state index contributed by atoms with van der Waals surface area (Å²) in [6, 6.07) is 6.78. The molecule has 2 heterocycles. The summed E-state index contributed by atoms with van der Waals surface area (Å²) in [5, 5.41) is 15.8. The summed E-state index contributed by atoms with van der Waals surface area (Å²) >= 11 is 7.14. The minimum atomic E-state index is -0.903. The van der Waals surface area contributed by atoms with Crippen LogP contribution in [0.4, 0.5) is 0 Å². The van der Waals surface area contributed by atoms with E-state index in [9.17, 15) is 14.7 Å². The Bertz CT molecular complexity index is 1040. The van der Waals surface area contributed by atoms with Crippen molar-refractivity contribution in [1.82, 2.24) is 19.3 Å². The standard InChI is InChI=1S/C16H17ClN4O4S/c1-20-13-12(14(23)18-16(20)24)21(19-15(13)26-2)7-10(22)8-25-11-5-3-9(17)4-6-11/h3-6,10,22H,7-8H2,1-2H3,(H,18,23,24). The van der Waals surface area contributed by atoms with Crippen LogP contribution in [-0.2, 0) is 13.6 Å². The Morgan fingerprint density at radius 2 is 2.00 bits per heavy atom. The van der Waals surface area contributed by atoms with Crippen molar-refractivity contribution in [3.8, 4) is 5.75 Å². The smallest absolute Gasteiger partial charge is 0.328 e. The molecule has 0 saturated carbocycles. The van der Waals surface area contributed by atoms with Crippen LogP contribution in [0.3, 0.4) is 0 Å². The van der Waals surface area contributed by atoms with Gasteiger partial charge in [0.25, 0.3) is 5.56 Å². The van der Waals surface area contributed by atoms with E-state index in [-0.39, 0.29) is 18.7 Å². The van der Waals surface area contributed by atoms with Gasteiger partial charge in [0.2, 0.25) is 0 Å². The first-order chi connectivity index (χ1) is 12.4. The Morgan fingerprint density at radius 1 is 1.31 bits per heavy atom. The summed E-state index contributed by atoms with van der Waals surface area (Å²) in [5.41, 5.74) is -0.371. The van der Waals surface area contributed by atoms with E-state index in [1.165, 1.54) is 21.0 Å². The molecular formula is C16H17ClN4O4S. The fraction of sp³-hybridized carbons (Fsp3) is 0.312. The molecule has 8 nitrogen and oxygen atoms in total. The highest BCUT2D eigenvalue weighted by molar-refractivity contribution is 7.98. The summed E-state index contributed by atoms with van der Waals surface area (Å²) in [5.74, 6) is 0.573. The van der Waals surface area contributed by atoms with Crippen LogP contribution in [0.1, 0.15) is 0 Å². The van der Waals surface area contributed by atoms with E-state index in [0.717, 1.165) is 0 Å². The molecule has 1 aromatic carbocycles. The number of benzene rings is 1. The van der Waals surface area contributed by atoms with Crippen LogP contribution in [-0.4, -0.2) is 43.4 Å². The molecule has 0 amide bonds. The normalized spacial score (nSPS) is 12.5. The van der Waals surface area contributed by atoms with Crippen molar-refractivity contribution in [2.24, 2.45) is 7.05 Å². The first-order valence-electron chi connectivity index (χ1n) is 7.71. The van der Waals surface area contributed by atoms with E-state index >= 15 is 0 Å². The van der Waals surface area contributed by atoms with Gasteiger partial charge in [0, 0.05) is 12.1 Å². The first-order valence-corrected chi connectivity index (χ1v) is 9.31. The van der Waals surface area contributed by atoms with E-state index in [4.69, 9.17) is 16.3 Å². The van der Waals surface area contributed by atoms with Crippen molar-refractivity contribution in [2.45, 2.75) is 17.7 Å². The molecule has 0 bridgehead atoms. The monoisotopic (exact) mass is 396 g/mol. The predicted octanol–water partition coefficient (Wildman–Crippen LogP) is 1.24. The number of aromatic nitrogens is 4. The average molecular weight is 397 g/mol. The number of aliphatic hydroxyl groups excluding tert-OH is 1. The number of hydrogen-bond donors (Lipinski definition) is 2. The van der Waals surface area contributed by atoms with E-state index < -0.39 is 17.4 Å². The summed E-state index contributed by atoms with van der Waals surface area (Å²) < 4.78 is 8.25. The zero-order valence-electron chi connectivity index (χ0n) is 14.1. The van der Waals surface area contributed by atoms with Crippen molar-refractivity contribution in [3.05, 3.63) is 50.1 Å². The highest BCUT2D eigenvalue weighted by atomic mass is 35.5. The highest BCUT2D eigenvalue weighted by Crippen LogP contribution is 2.22. The molecule has 0 saturated heterocycles. The average Bonchev–Trinajstić information content (AvgIpc) is 2.98. The summed E-state index contributed by atoms with van der Waals surface area (Å²) in [4.78, 5) is 26.3. The molecule has 0 aliphatic carbocycles. The van der Waals surface area contributed by atoms with Gasteiger partial charge in [-0.1, -0.05) is 11.6 Å². The predicted molar refractivity (Wildman–Crippen MR) is 100 cm³/mol. The molecule has 0 aliphatic heterocycles. The first kappa shape index (κ1) is 18.6. The van der Waals surface area contributed by atoms with Crippen molar-refractivity contribution in [2.75, 3.05) is 12.9 Å². The van der Waals surface area contributed by atoms with E-state index in [2.05, 4.69) is 10.1 Å². The fourth-order valence-electron chi connectivity index (χ4n) is 2.54. The highest BCUT2D eigenvalue weighted by Gasteiger charge is 2.19. The zero-order chi connectivity index (χ0) is 18.8. The number of aliphatic hydroxyl groups is 1. The van der Waals surface area contributed by atoms with Gasteiger partial charge in [-0.25, -0.2) is 4.79 Å². The number of nitrogens with one attached hydrogen (secondary N) is 1. The molecule has 0 radical (unpaired) electrons. The quantitative estimate of drug-likeness (QED) is 0.608. The number of hydrogen-bond acceptors (Lipinski definition) is 6. The lowest BCUT2D eigenvalue weighted by atomic mass is 10.3. The van der Waals surface area contributed by atoms with Crippen molar-refractivity contribution in [3.63, 3.8) is 0 Å². The zero-order valence-corrected chi connectivity index (χ0v) is 15.7. The van der Waals surface area contributed by atoms with Gasteiger partial charge in [-0.15, -0.1) is 11.8 Å². The molecule has 0 aliphatic rings. The van der Waals surface area contributed by atoms with Crippen molar-refractivity contribution in [1.29, 1.82) is 0 Å². The minimum Gasteiger partial charge on any atom is -0.491 e. The number of rotatable bonds is 6. The third kappa shape index (κ3) is 3.64. The van der Waals surface area contributed by atoms with Gasteiger partial charge in [0.15, 0.2) is 5.52 Å². The Labute approximate surface area is 157 Å². The maximum Gasteiger partial charge on any atom is 0.328 e. The number of aryl methyl sites for hydroxylation is 1. The topological polar surface area (TPSA) is 102 Å². The second-order valence-electron chi connectivity index (χ2n) is 5.63. The molecular weight excluding hydrogens is 380 g/mol. The molecule has 0 spiro atoms. The number of thioether (sulfide) groups is 1. The molecule has 1 atom stereocenters. The largest absolute Gasteiger partial charge is 0.491 e. The molecule has 3 aromatic rings. The maximum atomic E-state index is 12.2. The Kier molecular flexibility index (Phi) is 5.40. The Balaban J connectivity index is 1.84. The van der Waals surface area contributed by atoms with Crippen LogP contribution in [0.2, 0.25) is 5.02 Å². The lowest BCUT2D eigenvalue weighted by molar-refractivity contribution is 0.0901. The van der Waals surface area contributed by atoms with E-state index in [0.29, 0.717) is 21.3 Å². The van der Waals surface area contributed by atoms with E-state index in [1.54, 1.807) is 37.6 Å². The molecule has 2 N–H and O–H groups in total. The van der Waals surface area contributed by atoms with Gasteiger partial charge in [0.05, 0.1) is 6.54 Å². The van der Waals surface area contributed by atoms with Gasteiger partial charge in [0.1, 0.15) is 29.0 Å². The van der Waals surface area contributed by atoms with Crippen LogP contribution in [0.25, 0.3) is 11.0 Å². The molecule has 3 rings (SSSR count). The van der Waals surface area contributed by atoms with Crippen LogP contribution in [0.15, 0.2) is 38.9 Å². The Morgan fingerprint density at radius 3 is 2.65 bits per heavy atom. The van der Waals surface area contributed by atoms with Gasteiger partial charge in [-0.05, 0) is 30.5 Å². The van der Waals surface area contributed by atoms with Crippen molar-refractivity contribution < 1.29 is 9.84 Å². The molecule has 26 heavy (non-hydrogen) atoms. The van der Waals surface area contributed by atoms with Gasteiger partial charge < -0.3 is 9.84 Å². The number of H-pyrrole nitrogens is 1. The molecule has 1 unspecified atom stereocenters. The summed E-state index contributed by atoms with van der Waals surface area (Å²) in [6.45, 7) is 0.0627. The van der Waals surface area contributed by atoms with Crippen molar-refractivity contribution >= 4 is 34.4 Å². The SMILES string of the molecule is CSc1nn(CC(O)COc2ccc(Cl)cc2)c2c(=O)[nH]c(=O)n(C)c12. The van der Waals surface area contributed by atoms with Gasteiger partial charge in [-0.3, -0.25) is 19.0 Å². The second kappa shape index (κ2) is 7.56. The number of aromatic amines is 1. The summed E-state index contributed by atoms with van der Waals surface area (Å²) in [7, 11) is 1.56. The van der Waals surface area contributed by atoms with E-state index in [1.807, 2.05) is 0 Å². The van der Waals surface area contributed by atoms with Crippen LogP contribution < -0.4 is 16.0 Å². The van der Waals surface area contributed by atoms with Gasteiger partial charge in [-0.2, -0.15) is 5.10 Å². The second-order valence-corrected chi connectivity index (χ2v) is 6.86. The number of nitrogens with zero attached hydrogens (tertiary/aromatic N) is 3. The minimum absolute atomic E-state index is 0.0151. The molecule has 2 aromatic heterocycles. The molecule has 10 heteroatoms. The third-order valence-corrected chi connectivity index (χ3v) is 4.72. The lowest BCUT2D eigenvalue weighted by Gasteiger charge is -2.13. The summed E-state index contributed by atoms with van der Waals surface area (Å²) in [6.07, 6.45) is 0.901. The molecule has 0 fully saturated rings.